The Kier molecular flexibility index (Phi) is 20.9. The first-order valence-electron chi connectivity index (χ1n) is 45.2. The van der Waals surface area contributed by atoms with Crippen molar-refractivity contribution in [2.75, 3.05) is 0 Å². The second-order valence-corrected chi connectivity index (χ2v) is 40.7. The standard InChI is InChI=1S/3C31H34N.C27H26N/c1-19-14-29(32(8)18-21(19)3)24-17-26-25-15-22-11-9-10-12-23(22)16-28(25)31(6,7)30(4,5)27(26)13-20(24)2;1-19-13-15-25-24-16-14-22-11-9-10-12-23(22)28(24)30(4,5)31(6,7)29(25)27(19)26-17-20(2)21(3)18-32(26)8;1-19-16-28(32(8)18-21(19)3)24-17-25-27(15-20(24)2)31(6,7)30(4,5)26-14-13-22-11-9-10-12-23(22)29(25)26;1-17-9-11-24-23-12-10-20-7-5-6-8-21(20)22(23)13-14-25(24)27(17)26-15-18(2)19(3)16-28(26)4/h3*9-18H,1-8H3;5-12,15-16H,13-14H2,1-4H3/q4*+1. The van der Waals surface area contributed by atoms with E-state index in [0.29, 0.717) is 0 Å². The third-order valence-corrected chi connectivity index (χ3v) is 31.9. The molecule has 0 fully saturated rings. The summed E-state index contributed by atoms with van der Waals surface area (Å²) in [4.78, 5) is 0. The molecule has 0 amide bonds. The lowest BCUT2D eigenvalue weighted by atomic mass is 9.53. The van der Waals surface area contributed by atoms with E-state index in [9.17, 15) is 0 Å². The largest absolute Gasteiger partial charge is 0.213 e. The molecule has 0 radical (unpaired) electrons. The van der Waals surface area contributed by atoms with Crippen molar-refractivity contribution < 1.29 is 18.3 Å². The molecule has 4 nitrogen and oxygen atoms in total. The number of benzene rings is 12. The highest BCUT2D eigenvalue weighted by atomic mass is 14.9. The van der Waals surface area contributed by atoms with Crippen LogP contribution in [-0.4, -0.2) is 0 Å². The fourth-order valence-electron chi connectivity index (χ4n) is 21.8. The molecule has 12 aromatic carbocycles. The Morgan fingerprint density at radius 1 is 0.202 bits per heavy atom. The first-order valence-corrected chi connectivity index (χ1v) is 45.2. The Hall–Kier alpha value is -11.7. The lowest BCUT2D eigenvalue weighted by Gasteiger charge is -2.49. The molecule has 4 aromatic heterocycles. The van der Waals surface area contributed by atoms with Gasteiger partial charge in [0.1, 0.15) is 28.2 Å². The molecule has 0 bridgehead atoms. The number of aryl methyl sites for hydroxylation is 17. The van der Waals surface area contributed by atoms with Crippen molar-refractivity contribution >= 4 is 43.1 Å². The van der Waals surface area contributed by atoms with Gasteiger partial charge in [-0.1, -0.05) is 253 Å². The van der Waals surface area contributed by atoms with Gasteiger partial charge in [0.15, 0.2) is 24.8 Å². The molecule has 20 rings (SSSR count). The van der Waals surface area contributed by atoms with Crippen LogP contribution in [0.3, 0.4) is 0 Å². The Bertz CT molecular complexity index is 7130. The molecule has 4 heteroatoms. The lowest BCUT2D eigenvalue weighted by Crippen LogP contribution is -2.45. The zero-order chi connectivity index (χ0) is 88.4. The summed E-state index contributed by atoms with van der Waals surface area (Å²) in [6.07, 6.45) is 11.2. The summed E-state index contributed by atoms with van der Waals surface area (Å²) in [6.45, 7) is 55.7. The van der Waals surface area contributed by atoms with Gasteiger partial charge in [0.05, 0.1) is 11.1 Å². The Labute approximate surface area is 740 Å². The topological polar surface area (TPSA) is 15.5 Å². The molecule has 4 aliphatic carbocycles. The second-order valence-electron chi connectivity index (χ2n) is 40.7. The van der Waals surface area contributed by atoms with E-state index in [1.165, 1.54) is 244 Å². The highest BCUT2D eigenvalue weighted by molar-refractivity contribution is 6.03. The van der Waals surface area contributed by atoms with Gasteiger partial charge in [-0.2, -0.15) is 0 Å². The van der Waals surface area contributed by atoms with E-state index in [0.717, 1.165) is 12.8 Å². The first-order chi connectivity index (χ1) is 58.6. The van der Waals surface area contributed by atoms with Gasteiger partial charge in [0.25, 0.3) is 0 Å². The molecule has 4 heterocycles. The van der Waals surface area contributed by atoms with Crippen molar-refractivity contribution in [1.82, 2.24) is 0 Å². The van der Waals surface area contributed by atoms with Crippen molar-refractivity contribution in [2.24, 2.45) is 28.2 Å². The summed E-state index contributed by atoms with van der Waals surface area (Å²) >= 11 is 0. The summed E-state index contributed by atoms with van der Waals surface area (Å²) < 4.78 is 9.15. The monoisotopic (exact) mass is 1630 g/mol. The number of hydrogen-bond acceptors (Lipinski definition) is 0. The van der Waals surface area contributed by atoms with Gasteiger partial charge in [-0.15, -0.1) is 0 Å². The fourth-order valence-corrected chi connectivity index (χ4v) is 21.8. The summed E-state index contributed by atoms with van der Waals surface area (Å²) in [5, 5.41) is 10.8. The second kappa shape index (κ2) is 30.6. The molecule has 0 saturated heterocycles. The van der Waals surface area contributed by atoms with Crippen molar-refractivity contribution in [3.05, 3.63) is 354 Å². The Morgan fingerprint density at radius 2 is 0.540 bits per heavy atom. The van der Waals surface area contributed by atoms with Gasteiger partial charge in [-0.25, -0.2) is 18.3 Å². The summed E-state index contributed by atoms with van der Waals surface area (Å²) in [7, 11) is 8.68. The Balaban J connectivity index is 0.000000117. The van der Waals surface area contributed by atoms with E-state index in [1.54, 1.807) is 0 Å². The molecule has 16 aromatic rings. The summed E-state index contributed by atoms with van der Waals surface area (Å²) in [6, 6.07) is 82.6. The highest BCUT2D eigenvalue weighted by Crippen LogP contribution is 2.61. The summed E-state index contributed by atoms with van der Waals surface area (Å²) in [5.74, 6) is 0. The minimum atomic E-state index is -0.0490. The van der Waals surface area contributed by atoms with Crippen LogP contribution in [0.4, 0.5) is 0 Å². The van der Waals surface area contributed by atoms with E-state index in [1.807, 2.05) is 0 Å². The maximum atomic E-state index is 2.47. The number of aromatic nitrogens is 4. The number of hydrogen-bond donors (Lipinski definition) is 0. The van der Waals surface area contributed by atoms with E-state index in [-0.39, 0.29) is 32.5 Å². The van der Waals surface area contributed by atoms with Crippen molar-refractivity contribution in [3.63, 3.8) is 0 Å². The highest BCUT2D eigenvalue weighted by Gasteiger charge is 2.51. The van der Waals surface area contributed by atoms with Gasteiger partial charge in [-0.05, 0) is 318 Å². The lowest BCUT2D eigenvalue weighted by molar-refractivity contribution is -0.660. The average molecular weight is 1630 g/mol. The average Bonchev–Trinajstić information content (AvgIpc) is 0.695. The Morgan fingerprint density at radius 3 is 1.07 bits per heavy atom. The molecule has 0 atom stereocenters. The van der Waals surface area contributed by atoms with E-state index < -0.39 is 0 Å². The van der Waals surface area contributed by atoms with Gasteiger partial charge >= 0.3 is 0 Å². The van der Waals surface area contributed by atoms with E-state index >= 15 is 0 Å². The molecule has 0 spiro atoms. The van der Waals surface area contributed by atoms with Crippen LogP contribution in [0.15, 0.2) is 243 Å². The van der Waals surface area contributed by atoms with Crippen molar-refractivity contribution in [2.45, 2.75) is 212 Å². The van der Waals surface area contributed by atoms with Gasteiger partial charge in [-0.3, -0.25) is 0 Å². The number of fused-ring (bicyclic) bond motifs is 19. The number of nitrogens with zero attached hydrogens (tertiary/aromatic N) is 4. The number of rotatable bonds is 4. The molecule has 0 saturated carbocycles. The first kappa shape index (κ1) is 84.5. The third kappa shape index (κ3) is 13.4. The van der Waals surface area contributed by atoms with Crippen LogP contribution >= 0.6 is 0 Å². The minimum absolute atomic E-state index is 0.0203. The summed E-state index contributed by atoms with van der Waals surface area (Å²) in [5.41, 5.74) is 49.7. The van der Waals surface area contributed by atoms with Crippen molar-refractivity contribution in [3.8, 4) is 89.5 Å². The van der Waals surface area contributed by atoms with Crippen LogP contribution in [-0.2, 0) is 73.5 Å². The SMILES string of the molecule is Cc1cc(-c2c(C)ccc3c2C(C)(C)C(C)(C)c2c-3ccc3ccccc23)[n+](C)cc1C.Cc1cc(-c2c(C)ccc3c2CCc2c-3ccc3ccccc23)[n+](C)cc1C.Cc1cc(-c2cc3c(cc2C)C(C)(C)C(C)(C)c2cc4ccccc4cc2-3)[n+](C)cc1C.Cc1cc(-c2cc3c(cc2C)C(C)(C)C(C)(C)c2ccc4ccccc4c2-3)[n+](C)cc1C. The predicted molar refractivity (Wildman–Crippen MR) is 526 cm³/mol. The molecule has 624 valence electrons. The fraction of sp³-hybridized carbons (Fsp3) is 0.300. The van der Waals surface area contributed by atoms with E-state index in [2.05, 4.69) is 456 Å². The van der Waals surface area contributed by atoms with Crippen molar-refractivity contribution in [1.29, 1.82) is 0 Å². The zero-order valence-electron chi connectivity index (χ0n) is 79.3. The van der Waals surface area contributed by atoms with Crippen LogP contribution in [0.2, 0.25) is 0 Å². The smallest absolute Gasteiger partial charge is 0.201 e. The van der Waals surface area contributed by atoms with Gasteiger partial charge in [0, 0.05) is 68.5 Å². The van der Waals surface area contributed by atoms with Crippen LogP contribution in [0.1, 0.15) is 194 Å². The van der Waals surface area contributed by atoms with E-state index in [4.69, 9.17) is 0 Å². The van der Waals surface area contributed by atoms with Crippen LogP contribution in [0.5, 0.6) is 0 Å². The van der Waals surface area contributed by atoms with Crippen LogP contribution < -0.4 is 18.3 Å². The van der Waals surface area contributed by atoms with Crippen LogP contribution in [0, 0.1) is 83.1 Å². The van der Waals surface area contributed by atoms with Gasteiger partial charge < -0.3 is 0 Å². The minimum Gasteiger partial charge on any atom is -0.201 e. The normalized spacial score (nSPS) is 15.3. The molecule has 0 unspecified atom stereocenters. The molecular weight excluding hydrogens is 1500 g/mol. The predicted octanol–water partition coefficient (Wildman–Crippen LogP) is 28.5. The zero-order valence-corrected chi connectivity index (χ0v) is 79.3. The third-order valence-electron chi connectivity index (χ3n) is 31.9. The number of pyridine rings is 4. The maximum absolute atomic E-state index is 2.47. The molecule has 124 heavy (non-hydrogen) atoms. The molecule has 0 aliphatic heterocycles. The molecule has 4 aliphatic rings. The quantitative estimate of drug-likeness (QED) is 0.156. The molecular formula is C120H128N4+4. The van der Waals surface area contributed by atoms with Crippen LogP contribution in [0.25, 0.3) is 133 Å². The maximum Gasteiger partial charge on any atom is 0.213 e. The van der Waals surface area contributed by atoms with Gasteiger partial charge in [0.2, 0.25) is 22.8 Å². The molecule has 0 N–H and O–H groups in total.